The van der Waals surface area contributed by atoms with Crippen molar-refractivity contribution in [3.63, 3.8) is 0 Å². The molecule has 6 N–H and O–H groups in total. The van der Waals surface area contributed by atoms with Crippen molar-refractivity contribution in [3.8, 4) is 5.75 Å². The van der Waals surface area contributed by atoms with Crippen molar-refractivity contribution < 1.29 is 9.53 Å². The number of nitrogens with zero attached hydrogens (tertiary/aromatic N) is 2. The Morgan fingerprint density at radius 3 is 2.85 bits per heavy atom. The molecular formula is C18H24N6O2. The molecule has 0 bridgehead atoms. The molecule has 1 aliphatic rings. The molecule has 26 heavy (non-hydrogen) atoms. The van der Waals surface area contributed by atoms with Crippen molar-refractivity contribution in [2.24, 2.45) is 11.5 Å². The van der Waals surface area contributed by atoms with Gasteiger partial charge in [-0.2, -0.15) is 0 Å². The van der Waals surface area contributed by atoms with Gasteiger partial charge in [-0.3, -0.25) is 4.79 Å². The Hall–Kier alpha value is -2.87. The normalized spacial score (nSPS) is 19.6. The third-order valence-corrected chi connectivity index (χ3v) is 4.49. The molecule has 138 valence electrons. The van der Waals surface area contributed by atoms with Crippen LogP contribution in [0.15, 0.2) is 30.5 Å². The van der Waals surface area contributed by atoms with Gasteiger partial charge in [0.15, 0.2) is 11.5 Å². The van der Waals surface area contributed by atoms with Gasteiger partial charge >= 0.3 is 0 Å². The van der Waals surface area contributed by atoms with E-state index in [-0.39, 0.29) is 17.8 Å². The van der Waals surface area contributed by atoms with Gasteiger partial charge in [-0.15, -0.1) is 0 Å². The van der Waals surface area contributed by atoms with Crippen LogP contribution in [0.5, 0.6) is 5.75 Å². The molecule has 0 spiro atoms. The summed E-state index contributed by atoms with van der Waals surface area (Å²) in [6, 6.07) is 7.52. The van der Waals surface area contributed by atoms with Gasteiger partial charge in [0, 0.05) is 23.8 Å². The van der Waals surface area contributed by atoms with Gasteiger partial charge in [-0.05, 0) is 25.0 Å². The van der Waals surface area contributed by atoms with Crippen LogP contribution in [0, 0.1) is 0 Å². The minimum Gasteiger partial charge on any atom is -0.497 e. The Balaban J connectivity index is 1.85. The number of methoxy groups -OCH3 is 1. The van der Waals surface area contributed by atoms with Gasteiger partial charge in [0.2, 0.25) is 0 Å². The molecule has 1 amide bonds. The first-order chi connectivity index (χ1) is 12.6. The zero-order valence-electron chi connectivity index (χ0n) is 14.7. The fourth-order valence-corrected chi connectivity index (χ4v) is 3.09. The number of nitrogens with two attached hydrogens (primary N) is 2. The minimum absolute atomic E-state index is 0.0753. The summed E-state index contributed by atoms with van der Waals surface area (Å²) in [6.07, 6.45) is 5.76. The standard InChI is InChI=1S/C18H24N6O2/c1-26-12-6-4-5-11(9-12)22-18-16(17(20)25)21-10-15(24-18)23-14-8-3-2-7-13(14)19/h4-6,9-10,13-14H,2-3,7-8,19H2,1H3,(H2,20,25)(H2,22,23,24)/t13-,14+/m0/s1. The number of primary amides is 1. The quantitative estimate of drug-likeness (QED) is 0.623. The first kappa shape index (κ1) is 17.9. The van der Waals surface area contributed by atoms with Crippen molar-refractivity contribution in [1.29, 1.82) is 0 Å². The highest BCUT2D eigenvalue weighted by molar-refractivity contribution is 5.96. The fourth-order valence-electron chi connectivity index (χ4n) is 3.09. The molecule has 2 aromatic rings. The van der Waals surface area contributed by atoms with E-state index in [9.17, 15) is 4.79 Å². The van der Waals surface area contributed by atoms with E-state index in [0.29, 0.717) is 23.1 Å². The Bertz CT molecular complexity index is 782. The van der Waals surface area contributed by atoms with Gasteiger partial charge in [-0.1, -0.05) is 18.9 Å². The summed E-state index contributed by atoms with van der Waals surface area (Å²) in [5, 5.41) is 6.42. The molecule has 8 heteroatoms. The van der Waals surface area contributed by atoms with Crippen LogP contribution in [0.1, 0.15) is 36.2 Å². The van der Waals surface area contributed by atoms with Crippen LogP contribution in [-0.2, 0) is 0 Å². The topological polar surface area (TPSA) is 128 Å². The predicted molar refractivity (Wildman–Crippen MR) is 101 cm³/mol. The first-order valence-electron chi connectivity index (χ1n) is 8.67. The maximum Gasteiger partial charge on any atom is 0.271 e. The number of rotatable bonds is 6. The van der Waals surface area contributed by atoms with Crippen molar-refractivity contribution in [1.82, 2.24) is 9.97 Å². The first-order valence-corrected chi connectivity index (χ1v) is 8.67. The van der Waals surface area contributed by atoms with Crippen LogP contribution >= 0.6 is 0 Å². The van der Waals surface area contributed by atoms with Crippen molar-refractivity contribution in [2.45, 2.75) is 37.8 Å². The maximum absolute atomic E-state index is 11.7. The van der Waals surface area contributed by atoms with Crippen molar-refractivity contribution in [2.75, 3.05) is 17.7 Å². The average molecular weight is 356 g/mol. The number of anilines is 3. The van der Waals surface area contributed by atoms with Gasteiger partial charge in [0.25, 0.3) is 5.91 Å². The lowest BCUT2D eigenvalue weighted by atomic mass is 9.91. The Morgan fingerprint density at radius 2 is 2.12 bits per heavy atom. The number of aromatic nitrogens is 2. The van der Waals surface area contributed by atoms with Gasteiger partial charge in [0.1, 0.15) is 11.6 Å². The molecule has 3 rings (SSSR count). The summed E-state index contributed by atoms with van der Waals surface area (Å²) in [5.41, 5.74) is 12.4. The van der Waals surface area contributed by atoms with Gasteiger partial charge in [-0.25, -0.2) is 9.97 Å². The van der Waals surface area contributed by atoms with E-state index >= 15 is 0 Å². The smallest absolute Gasteiger partial charge is 0.271 e. The number of ether oxygens (including phenoxy) is 1. The number of nitrogens with one attached hydrogen (secondary N) is 2. The molecule has 0 aliphatic heterocycles. The molecule has 0 radical (unpaired) electrons. The molecule has 1 aromatic carbocycles. The van der Waals surface area contributed by atoms with E-state index in [1.807, 2.05) is 18.2 Å². The molecule has 1 aliphatic carbocycles. The van der Waals surface area contributed by atoms with E-state index in [4.69, 9.17) is 16.2 Å². The molecular weight excluding hydrogens is 332 g/mol. The highest BCUT2D eigenvalue weighted by atomic mass is 16.5. The van der Waals surface area contributed by atoms with Gasteiger partial charge < -0.3 is 26.8 Å². The SMILES string of the molecule is COc1cccc(Nc2nc(N[C@@H]3CCCC[C@@H]3N)cnc2C(N)=O)c1. The molecule has 1 aromatic heterocycles. The third-order valence-electron chi connectivity index (χ3n) is 4.49. The number of hydrogen-bond acceptors (Lipinski definition) is 7. The zero-order chi connectivity index (χ0) is 18.5. The molecule has 1 fully saturated rings. The molecule has 1 saturated carbocycles. The average Bonchev–Trinajstić information content (AvgIpc) is 2.64. The molecule has 0 saturated heterocycles. The lowest BCUT2D eigenvalue weighted by molar-refractivity contribution is 0.0996. The fraction of sp³-hybridized carbons (Fsp3) is 0.389. The van der Waals surface area contributed by atoms with Gasteiger partial charge in [0.05, 0.1) is 13.3 Å². The maximum atomic E-state index is 11.7. The number of benzene rings is 1. The number of carbonyl (C=O) groups is 1. The van der Waals surface area contributed by atoms with Crippen LogP contribution in [0.4, 0.5) is 17.3 Å². The Morgan fingerprint density at radius 1 is 1.31 bits per heavy atom. The van der Waals surface area contributed by atoms with E-state index in [1.165, 1.54) is 6.20 Å². The summed E-state index contributed by atoms with van der Waals surface area (Å²) in [4.78, 5) is 20.4. The lowest BCUT2D eigenvalue weighted by Crippen LogP contribution is -2.42. The highest BCUT2D eigenvalue weighted by Gasteiger charge is 2.22. The molecule has 0 unspecified atom stereocenters. The summed E-state index contributed by atoms with van der Waals surface area (Å²) in [6.45, 7) is 0. The van der Waals surface area contributed by atoms with Crippen LogP contribution in [0.3, 0.4) is 0 Å². The second-order valence-corrected chi connectivity index (χ2v) is 6.37. The summed E-state index contributed by atoms with van der Waals surface area (Å²) in [7, 11) is 1.59. The Labute approximate surface area is 152 Å². The molecule has 8 nitrogen and oxygen atoms in total. The second-order valence-electron chi connectivity index (χ2n) is 6.37. The van der Waals surface area contributed by atoms with Crippen LogP contribution < -0.4 is 26.8 Å². The second kappa shape index (κ2) is 8.01. The summed E-state index contributed by atoms with van der Waals surface area (Å²) < 4.78 is 5.21. The van der Waals surface area contributed by atoms with Crippen molar-refractivity contribution in [3.05, 3.63) is 36.2 Å². The summed E-state index contributed by atoms with van der Waals surface area (Å²) >= 11 is 0. The van der Waals surface area contributed by atoms with E-state index in [2.05, 4.69) is 20.6 Å². The minimum atomic E-state index is -0.649. The van der Waals surface area contributed by atoms with E-state index in [1.54, 1.807) is 13.2 Å². The predicted octanol–water partition coefficient (Wildman–Crippen LogP) is 2.01. The number of carbonyl (C=O) groups excluding carboxylic acids is 1. The van der Waals surface area contributed by atoms with Crippen LogP contribution in [0.25, 0.3) is 0 Å². The Kier molecular flexibility index (Phi) is 5.52. The van der Waals surface area contributed by atoms with E-state index in [0.717, 1.165) is 25.7 Å². The molecule has 2 atom stereocenters. The lowest BCUT2D eigenvalue weighted by Gasteiger charge is -2.29. The third kappa shape index (κ3) is 4.20. The zero-order valence-corrected chi connectivity index (χ0v) is 14.7. The molecule has 1 heterocycles. The summed E-state index contributed by atoms with van der Waals surface area (Å²) in [5.74, 6) is 0.887. The number of amides is 1. The van der Waals surface area contributed by atoms with Crippen molar-refractivity contribution >= 4 is 23.2 Å². The highest BCUT2D eigenvalue weighted by Crippen LogP contribution is 2.24. The number of hydrogen-bond donors (Lipinski definition) is 4. The van der Waals surface area contributed by atoms with E-state index < -0.39 is 5.91 Å². The monoisotopic (exact) mass is 356 g/mol. The van der Waals surface area contributed by atoms with Crippen LogP contribution in [-0.4, -0.2) is 35.1 Å². The van der Waals surface area contributed by atoms with Crippen LogP contribution in [0.2, 0.25) is 0 Å². The largest absolute Gasteiger partial charge is 0.497 e.